The SMILES string of the molecule is C=C/C(=C\C=C/C)C1C(C)=C(/C(=C\CC)N(C/C=C2\C(=C/CC)c3ccccc3C2(C2=CC(C)CC=C2)c2ccccc2)/C(C)=C/C=C(\C)C(=C)/C=C\C(=C)n2c3c(c4c2C=CCC4)CCC=C3)C(/C=C\C)=C1/C=C\C. The van der Waals surface area contributed by atoms with E-state index in [9.17, 15) is 0 Å². The fraction of sp³-hybridized carbons (Fsp3) is 0.270. The molecule has 1 heterocycles. The maximum Gasteiger partial charge on any atom is 0.0707 e. The third kappa shape index (κ3) is 10.6. The first-order chi connectivity index (χ1) is 37.0. The number of fused-ring (bicyclic) bond motifs is 4. The van der Waals surface area contributed by atoms with Crippen molar-refractivity contribution in [2.45, 2.75) is 113 Å². The minimum atomic E-state index is -0.516. The van der Waals surface area contributed by atoms with Crippen LogP contribution in [0.5, 0.6) is 0 Å². The van der Waals surface area contributed by atoms with Crippen molar-refractivity contribution in [2.24, 2.45) is 11.8 Å². The molecule has 2 nitrogen and oxygen atoms in total. The third-order valence-corrected chi connectivity index (χ3v) is 15.9. The Kier molecular flexibility index (Phi) is 18.0. The number of hydrogen-bond donors (Lipinski definition) is 0. The molecule has 2 aromatic carbocycles. The van der Waals surface area contributed by atoms with Gasteiger partial charge in [0.25, 0.3) is 0 Å². The van der Waals surface area contributed by atoms with E-state index in [-0.39, 0.29) is 5.92 Å². The van der Waals surface area contributed by atoms with Crippen LogP contribution in [0, 0.1) is 11.8 Å². The zero-order chi connectivity index (χ0) is 53.9. The summed E-state index contributed by atoms with van der Waals surface area (Å²) in [5.41, 5.74) is 24.6. The van der Waals surface area contributed by atoms with Gasteiger partial charge in [-0.05, 0) is 189 Å². The van der Waals surface area contributed by atoms with Crippen molar-refractivity contribution < 1.29 is 0 Å². The molecular formula is C74H82N2. The van der Waals surface area contributed by atoms with Crippen LogP contribution in [0.2, 0.25) is 0 Å². The molecule has 5 aliphatic carbocycles. The van der Waals surface area contributed by atoms with Gasteiger partial charge in [0.2, 0.25) is 0 Å². The Morgan fingerprint density at radius 2 is 1.49 bits per heavy atom. The van der Waals surface area contributed by atoms with Gasteiger partial charge >= 0.3 is 0 Å². The lowest BCUT2D eigenvalue weighted by Crippen LogP contribution is -2.31. The molecule has 5 aliphatic rings. The Morgan fingerprint density at radius 3 is 2.13 bits per heavy atom. The fourth-order valence-corrected chi connectivity index (χ4v) is 12.4. The van der Waals surface area contributed by atoms with E-state index in [4.69, 9.17) is 0 Å². The van der Waals surface area contributed by atoms with Gasteiger partial charge in [0.05, 0.1) is 5.41 Å². The van der Waals surface area contributed by atoms with Crippen LogP contribution in [-0.2, 0) is 18.3 Å². The molecule has 8 rings (SSSR count). The van der Waals surface area contributed by atoms with Gasteiger partial charge in [-0.1, -0.05) is 210 Å². The number of benzene rings is 2. The van der Waals surface area contributed by atoms with E-state index in [0.29, 0.717) is 12.5 Å². The first kappa shape index (κ1) is 54.8. The van der Waals surface area contributed by atoms with Gasteiger partial charge in [0, 0.05) is 46.5 Å². The number of nitrogens with zero attached hydrogens (tertiary/aromatic N) is 2. The van der Waals surface area contributed by atoms with E-state index in [2.05, 4.69) is 274 Å². The minimum absolute atomic E-state index is 0.0404. The molecule has 0 saturated carbocycles. The Bertz CT molecular complexity index is 3230. The minimum Gasteiger partial charge on any atom is -0.341 e. The molecule has 0 amide bonds. The molecule has 0 radical (unpaired) electrons. The second-order valence-corrected chi connectivity index (χ2v) is 20.9. The van der Waals surface area contributed by atoms with Crippen molar-refractivity contribution in [3.63, 3.8) is 0 Å². The Labute approximate surface area is 458 Å². The van der Waals surface area contributed by atoms with Gasteiger partial charge in [-0.15, -0.1) is 0 Å². The van der Waals surface area contributed by atoms with Gasteiger partial charge in [0.15, 0.2) is 0 Å². The van der Waals surface area contributed by atoms with E-state index in [1.165, 1.54) is 89.5 Å². The van der Waals surface area contributed by atoms with Crippen molar-refractivity contribution in [2.75, 3.05) is 6.54 Å². The zero-order valence-electron chi connectivity index (χ0n) is 47.2. The highest BCUT2D eigenvalue weighted by Gasteiger charge is 2.49. The van der Waals surface area contributed by atoms with Gasteiger partial charge in [-0.3, -0.25) is 0 Å². The predicted molar refractivity (Wildman–Crippen MR) is 332 cm³/mol. The van der Waals surface area contributed by atoms with Crippen LogP contribution < -0.4 is 0 Å². The lowest BCUT2D eigenvalue weighted by Gasteiger charge is -2.37. The third-order valence-electron chi connectivity index (χ3n) is 15.9. The molecule has 0 spiro atoms. The van der Waals surface area contributed by atoms with Gasteiger partial charge in [-0.2, -0.15) is 0 Å². The van der Waals surface area contributed by atoms with Crippen LogP contribution in [0.25, 0.3) is 23.4 Å². The van der Waals surface area contributed by atoms with Crippen LogP contribution in [-0.4, -0.2) is 16.0 Å². The lowest BCUT2D eigenvalue weighted by molar-refractivity contribution is 0.478. The number of aromatic nitrogens is 1. The second kappa shape index (κ2) is 24.9. The summed E-state index contributed by atoms with van der Waals surface area (Å²) in [5, 5.41) is 0. The Hall–Kier alpha value is -7.42. The molecule has 0 saturated heterocycles. The second-order valence-electron chi connectivity index (χ2n) is 20.9. The lowest BCUT2D eigenvalue weighted by atomic mass is 9.65. The van der Waals surface area contributed by atoms with Crippen LogP contribution in [0.1, 0.15) is 134 Å². The molecule has 1 aromatic heterocycles. The molecule has 76 heavy (non-hydrogen) atoms. The Morgan fingerprint density at radius 1 is 0.789 bits per heavy atom. The van der Waals surface area contributed by atoms with Crippen LogP contribution in [0.4, 0.5) is 0 Å². The predicted octanol–water partition coefficient (Wildman–Crippen LogP) is 19.8. The highest BCUT2D eigenvalue weighted by molar-refractivity contribution is 5.94. The molecule has 2 heteroatoms. The standard InChI is InChI=1S/C74H82N2/c1-13-19-35-58(18-6)72-57(12)73(66(32-16-4)65(72)31-15-3)71(33-17-5)75(55(10)47-45-53(8)54(9)46-48-56(11)76-69-43-27-24-40-63(69)64-41-25-28-44-70(64)76)50-49-68-61(30-14-2)62-39-23-26-42-67(62)74(68,59-36-21-20-22-37-59)60-38-29-34-52(7)51-60/h13,15-16,18-23,26-33,35-39,42-49,51-52,72H,6,9,11,14,17,24-25,34,40-41,50H2,1-5,7-8,10,12H3/b19-13-,31-15-,32-16-,48-46-,53-45+,55-47+,58-35+,61-30-,68-49+,71-33+. The molecule has 0 fully saturated rings. The maximum atomic E-state index is 4.62. The van der Waals surface area contributed by atoms with Crippen LogP contribution >= 0.6 is 0 Å². The van der Waals surface area contributed by atoms with E-state index in [1.54, 1.807) is 0 Å². The average Bonchev–Trinajstić information content (AvgIpc) is 4.05. The van der Waals surface area contributed by atoms with E-state index >= 15 is 0 Å². The number of rotatable bonds is 19. The van der Waals surface area contributed by atoms with E-state index in [0.717, 1.165) is 67.5 Å². The van der Waals surface area contributed by atoms with E-state index in [1.807, 2.05) is 6.08 Å². The molecule has 388 valence electrons. The summed E-state index contributed by atoms with van der Waals surface area (Å²) in [4.78, 5) is 2.58. The molecule has 0 bridgehead atoms. The highest BCUT2D eigenvalue weighted by atomic mass is 15.1. The molecule has 3 atom stereocenters. The highest BCUT2D eigenvalue weighted by Crippen LogP contribution is 2.59. The summed E-state index contributed by atoms with van der Waals surface area (Å²) < 4.78 is 2.35. The molecule has 3 aromatic rings. The fourth-order valence-electron chi connectivity index (χ4n) is 12.4. The number of allylic oxidation sites excluding steroid dienone is 30. The van der Waals surface area contributed by atoms with Crippen LogP contribution in [0.3, 0.4) is 0 Å². The van der Waals surface area contributed by atoms with Crippen molar-refractivity contribution in [1.82, 2.24) is 9.47 Å². The van der Waals surface area contributed by atoms with E-state index < -0.39 is 5.41 Å². The number of hydrogen-bond acceptors (Lipinski definition) is 1. The normalized spacial score (nSPS) is 22.1. The first-order valence-electron chi connectivity index (χ1n) is 28.1. The van der Waals surface area contributed by atoms with Gasteiger partial charge < -0.3 is 9.47 Å². The summed E-state index contributed by atoms with van der Waals surface area (Å²) in [6.45, 7) is 34.3. The summed E-state index contributed by atoms with van der Waals surface area (Å²) in [6, 6.07) is 20.4. The van der Waals surface area contributed by atoms with Gasteiger partial charge in [-0.25, -0.2) is 0 Å². The maximum absolute atomic E-state index is 4.62. The van der Waals surface area contributed by atoms with Crippen molar-refractivity contribution in [3.8, 4) is 0 Å². The van der Waals surface area contributed by atoms with Crippen LogP contribution in [0.15, 0.2) is 257 Å². The Balaban J connectivity index is 1.31. The summed E-state index contributed by atoms with van der Waals surface area (Å²) in [7, 11) is 0. The largest absolute Gasteiger partial charge is 0.341 e. The molecular weight excluding hydrogens is 917 g/mol. The van der Waals surface area contributed by atoms with Crippen molar-refractivity contribution >= 4 is 23.4 Å². The average molecular weight is 999 g/mol. The molecule has 3 unspecified atom stereocenters. The van der Waals surface area contributed by atoms with Crippen molar-refractivity contribution in [3.05, 3.63) is 297 Å². The topological polar surface area (TPSA) is 8.17 Å². The summed E-state index contributed by atoms with van der Waals surface area (Å²) >= 11 is 0. The zero-order valence-corrected chi connectivity index (χ0v) is 47.2. The smallest absolute Gasteiger partial charge is 0.0707 e. The molecule has 0 aliphatic heterocycles. The summed E-state index contributed by atoms with van der Waals surface area (Å²) in [5.74, 6) is 0.458. The monoisotopic (exact) mass is 999 g/mol. The quantitative estimate of drug-likeness (QED) is 0.109. The van der Waals surface area contributed by atoms with Gasteiger partial charge in [0.1, 0.15) is 0 Å². The summed E-state index contributed by atoms with van der Waals surface area (Å²) in [6.07, 6.45) is 57.6. The van der Waals surface area contributed by atoms with Crippen molar-refractivity contribution in [1.29, 1.82) is 0 Å². The molecule has 0 N–H and O–H groups in total. The first-order valence-corrected chi connectivity index (χ1v) is 28.1.